The zero-order chi connectivity index (χ0) is 11.8. The number of nitrogens with zero attached hydrogens (tertiary/aromatic N) is 1. The molecule has 0 saturated carbocycles. The summed E-state index contributed by atoms with van der Waals surface area (Å²) in [5.41, 5.74) is 0. The number of carboxylic acids is 1. The second-order valence-corrected chi connectivity index (χ2v) is 4.33. The first-order valence-electron chi connectivity index (χ1n) is 5.86. The van der Waals surface area contributed by atoms with E-state index < -0.39 is 5.97 Å². The third-order valence-corrected chi connectivity index (χ3v) is 2.92. The number of carboxylic acid groups (broad SMARTS) is 1. The molecule has 0 amide bonds. The minimum Gasteiger partial charge on any atom is -0.480 e. The van der Waals surface area contributed by atoms with Gasteiger partial charge >= 0.3 is 5.97 Å². The van der Waals surface area contributed by atoms with Crippen LogP contribution in [0.25, 0.3) is 0 Å². The van der Waals surface area contributed by atoms with E-state index in [1.165, 1.54) is 12.8 Å². The van der Waals surface area contributed by atoms with Gasteiger partial charge in [0.15, 0.2) is 0 Å². The predicted octanol–water partition coefficient (Wildman–Crippen LogP) is 0.0190. The normalized spacial score (nSPS) is 22.2. The number of nitrogens with one attached hydrogen (secondary N) is 1. The Kier molecular flexibility index (Phi) is 6.37. The Morgan fingerprint density at radius 1 is 1.62 bits per heavy atom. The lowest BCUT2D eigenvalue weighted by atomic mass is 9.98. The first-order valence-corrected chi connectivity index (χ1v) is 5.86. The fourth-order valence-corrected chi connectivity index (χ4v) is 2.12. The molecular formula is C11H22N2O3. The quantitative estimate of drug-likeness (QED) is 0.645. The summed E-state index contributed by atoms with van der Waals surface area (Å²) in [4.78, 5) is 12.7. The molecule has 0 aromatic rings. The third-order valence-electron chi connectivity index (χ3n) is 2.92. The number of rotatable bonds is 7. The van der Waals surface area contributed by atoms with E-state index in [9.17, 15) is 4.79 Å². The van der Waals surface area contributed by atoms with Crippen LogP contribution in [0.1, 0.15) is 12.8 Å². The first-order chi connectivity index (χ1) is 7.72. The largest absolute Gasteiger partial charge is 0.480 e. The summed E-state index contributed by atoms with van der Waals surface area (Å²) in [6.07, 6.45) is 2.39. The molecule has 0 spiro atoms. The van der Waals surface area contributed by atoms with E-state index >= 15 is 0 Å². The van der Waals surface area contributed by atoms with Gasteiger partial charge in [-0.3, -0.25) is 4.79 Å². The van der Waals surface area contributed by atoms with Gasteiger partial charge in [0, 0.05) is 20.2 Å². The van der Waals surface area contributed by atoms with E-state index in [-0.39, 0.29) is 6.54 Å². The van der Waals surface area contributed by atoms with Crippen molar-refractivity contribution in [3.8, 4) is 0 Å². The Hall–Kier alpha value is -0.650. The van der Waals surface area contributed by atoms with Gasteiger partial charge in [0.25, 0.3) is 0 Å². The molecule has 1 rings (SSSR count). The van der Waals surface area contributed by atoms with E-state index in [1.807, 2.05) is 0 Å². The van der Waals surface area contributed by atoms with Crippen LogP contribution in [0.4, 0.5) is 0 Å². The number of hydrogen-bond donors (Lipinski definition) is 2. The summed E-state index contributed by atoms with van der Waals surface area (Å²) in [6.45, 7) is 4.81. The van der Waals surface area contributed by atoms with Gasteiger partial charge in [0.2, 0.25) is 0 Å². The molecule has 94 valence electrons. The zero-order valence-electron chi connectivity index (χ0n) is 9.95. The van der Waals surface area contributed by atoms with Crippen LogP contribution in [0.5, 0.6) is 0 Å². The van der Waals surface area contributed by atoms with Crippen molar-refractivity contribution in [2.24, 2.45) is 5.92 Å². The van der Waals surface area contributed by atoms with Crippen LogP contribution in [-0.2, 0) is 9.53 Å². The Labute approximate surface area is 96.8 Å². The molecular weight excluding hydrogens is 208 g/mol. The van der Waals surface area contributed by atoms with E-state index in [0.29, 0.717) is 5.92 Å². The standard InChI is InChI=1S/C11H22N2O3/c1-16-6-5-13-4-2-3-10(9-13)7-12-8-11(14)15/h10,12H,2-9H2,1H3,(H,14,15). The van der Waals surface area contributed by atoms with Crippen molar-refractivity contribution < 1.29 is 14.6 Å². The molecule has 0 aromatic heterocycles. The molecule has 5 heteroatoms. The summed E-state index contributed by atoms with van der Waals surface area (Å²) in [5, 5.41) is 11.5. The molecule has 2 N–H and O–H groups in total. The summed E-state index contributed by atoms with van der Waals surface area (Å²) < 4.78 is 5.06. The minimum absolute atomic E-state index is 0.0641. The highest BCUT2D eigenvalue weighted by Gasteiger charge is 2.19. The average molecular weight is 230 g/mol. The highest BCUT2D eigenvalue weighted by molar-refractivity contribution is 5.68. The van der Waals surface area contributed by atoms with Crippen molar-refractivity contribution in [3.63, 3.8) is 0 Å². The number of methoxy groups -OCH3 is 1. The Morgan fingerprint density at radius 3 is 3.12 bits per heavy atom. The molecule has 1 saturated heterocycles. The molecule has 0 radical (unpaired) electrons. The van der Waals surface area contributed by atoms with Crippen LogP contribution in [0.2, 0.25) is 0 Å². The summed E-state index contributed by atoms with van der Waals surface area (Å²) in [5.74, 6) is -0.211. The lowest BCUT2D eigenvalue weighted by Crippen LogP contribution is -2.41. The van der Waals surface area contributed by atoms with Crippen molar-refractivity contribution in [2.75, 3.05) is 46.4 Å². The smallest absolute Gasteiger partial charge is 0.317 e. The maximum absolute atomic E-state index is 10.4. The van der Waals surface area contributed by atoms with Gasteiger partial charge < -0.3 is 20.1 Å². The van der Waals surface area contributed by atoms with Gasteiger partial charge in [-0.05, 0) is 31.8 Å². The van der Waals surface area contributed by atoms with Crippen molar-refractivity contribution in [1.29, 1.82) is 0 Å². The molecule has 1 unspecified atom stereocenters. The van der Waals surface area contributed by atoms with Gasteiger partial charge in [-0.1, -0.05) is 0 Å². The molecule has 1 atom stereocenters. The van der Waals surface area contributed by atoms with Crippen LogP contribution < -0.4 is 5.32 Å². The lowest BCUT2D eigenvalue weighted by molar-refractivity contribution is -0.136. The maximum Gasteiger partial charge on any atom is 0.317 e. The van der Waals surface area contributed by atoms with Crippen LogP contribution in [0.3, 0.4) is 0 Å². The molecule has 1 aliphatic rings. The van der Waals surface area contributed by atoms with Gasteiger partial charge in [0.1, 0.15) is 0 Å². The number of piperidine rings is 1. The SMILES string of the molecule is COCCN1CCCC(CNCC(=O)O)C1. The fraction of sp³-hybridized carbons (Fsp3) is 0.909. The summed E-state index contributed by atoms with van der Waals surface area (Å²) in [6, 6.07) is 0. The van der Waals surface area contributed by atoms with Crippen LogP contribution in [0, 0.1) is 5.92 Å². The van der Waals surface area contributed by atoms with Gasteiger partial charge in [-0.25, -0.2) is 0 Å². The molecule has 1 fully saturated rings. The average Bonchev–Trinajstić information content (AvgIpc) is 2.26. The second kappa shape index (κ2) is 7.60. The zero-order valence-corrected chi connectivity index (χ0v) is 9.95. The monoisotopic (exact) mass is 230 g/mol. The summed E-state index contributed by atoms with van der Waals surface area (Å²) in [7, 11) is 1.72. The third kappa shape index (κ3) is 5.44. The first kappa shape index (κ1) is 13.4. The minimum atomic E-state index is -0.785. The maximum atomic E-state index is 10.4. The Bertz CT molecular complexity index is 211. The number of ether oxygens (including phenoxy) is 1. The van der Waals surface area contributed by atoms with E-state index in [2.05, 4.69) is 10.2 Å². The topological polar surface area (TPSA) is 61.8 Å². The molecule has 16 heavy (non-hydrogen) atoms. The Morgan fingerprint density at radius 2 is 2.44 bits per heavy atom. The number of likely N-dealkylation sites (tertiary alicyclic amines) is 1. The van der Waals surface area contributed by atoms with Crippen molar-refractivity contribution in [3.05, 3.63) is 0 Å². The van der Waals surface area contributed by atoms with Gasteiger partial charge in [-0.2, -0.15) is 0 Å². The van der Waals surface area contributed by atoms with Gasteiger partial charge in [-0.15, -0.1) is 0 Å². The molecule has 0 aromatic carbocycles. The lowest BCUT2D eigenvalue weighted by Gasteiger charge is -2.32. The molecule has 0 bridgehead atoms. The number of hydrogen-bond acceptors (Lipinski definition) is 4. The number of carbonyl (C=O) groups is 1. The van der Waals surface area contributed by atoms with E-state index in [4.69, 9.17) is 9.84 Å². The Balaban J connectivity index is 2.14. The van der Waals surface area contributed by atoms with Crippen molar-refractivity contribution in [1.82, 2.24) is 10.2 Å². The van der Waals surface area contributed by atoms with Crippen LogP contribution >= 0.6 is 0 Å². The molecule has 1 heterocycles. The highest BCUT2D eigenvalue weighted by Crippen LogP contribution is 2.15. The predicted molar refractivity (Wildman–Crippen MR) is 61.5 cm³/mol. The van der Waals surface area contributed by atoms with E-state index in [0.717, 1.165) is 32.8 Å². The van der Waals surface area contributed by atoms with Crippen molar-refractivity contribution >= 4 is 5.97 Å². The summed E-state index contributed by atoms with van der Waals surface area (Å²) >= 11 is 0. The molecule has 0 aliphatic carbocycles. The van der Waals surface area contributed by atoms with Crippen LogP contribution in [-0.4, -0.2) is 62.4 Å². The van der Waals surface area contributed by atoms with E-state index in [1.54, 1.807) is 7.11 Å². The number of aliphatic carboxylic acids is 1. The van der Waals surface area contributed by atoms with Gasteiger partial charge in [0.05, 0.1) is 13.2 Å². The van der Waals surface area contributed by atoms with Crippen LogP contribution in [0.15, 0.2) is 0 Å². The molecule has 5 nitrogen and oxygen atoms in total. The second-order valence-electron chi connectivity index (χ2n) is 4.33. The fourth-order valence-electron chi connectivity index (χ4n) is 2.12. The van der Waals surface area contributed by atoms with Crippen molar-refractivity contribution in [2.45, 2.75) is 12.8 Å². The molecule has 1 aliphatic heterocycles. The highest BCUT2D eigenvalue weighted by atomic mass is 16.5.